The average Bonchev–Trinajstić information content (AvgIpc) is 2.58. The Morgan fingerprint density at radius 1 is 1.12 bits per heavy atom. The number of hydrogen-bond acceptors (Lipinski definition) is 5. The molecule has 0 saturated carbocycles. The minimum atomic E-state index is -4.44. The second-order valence-electron chi connectivity index (χ2n) is 4.66. The topological polar surface area (TPSA) is 73.3 Å². The van der Waals surface area contributed by atoms with Crippen LogP contribution in [0.2, 0.25) is 0 Å². The molecular weight excluding hydrogens is 327 g/mol. The van der Waals surface area contributed by atoms with E-state index in [1.54, 1.807) is 0 Å². The van der Waals surface area contributed by atoms with Crippen molar-refractivity contribution < 1.29 is 27.4 Å². The maximum atomic E-state index is 12.7. The maximum Gasteiger partial charge on any atom is 0.416 e. The number of alkyl halides is 3. The van der Waals surface area contributed by atoms with Gasteiger partial charge in [-0.15, -0.1) is 0 Å². The minimum Gasteiger partial charge on any atom is -0.481 e. The minimum absolute atomic E-state index is 0.106. The van der Waals surface area contributed by atoms with Gasteiger partial charge in [0.15, 0.2) is 0 Å². The summed E-state index contributed by atoms with van der Waals surface area (Å²) in [5.74, 6) is -0.611. The number of benzene rings is 1. The lowest BCUT2D eigenvalue weighted by molar-refractivity contribution is -0.137. The monoisotopic (exact) mass is 341 g/mol. The van der Waals surface area contributed by atoms with E-state index in [-0.39, 0.29) is 24.1 Å². The first-order valence-electron chi connectivity index (χ1n) is 6.75. The predicted octanol–water partition coefficient (Wildman–Crippen LogP) is 2.44. The lowest BCUT2D eigenvalue weighted by atomic mass is 10.1. The second kappa shape index (κ2) is 7.16. The zero-order valence-corrected chi connectivity index (χ0v) is 12.8. The first-order chi connectivity index (χ1) is 11.3. The van der Waals surface area contributed by atoms with Crippen LogP contribution in [-0.2, 0) is 12.7 Å². The quantitative estimate of drug-likeness (QED) is 0.904. The number of rotatable bonds is 5. The standard InChI is InChI=1S/C15H14F3N3O3/c1-23-11-7-12(24-2)21-13(20-11)14(22)19-8-9-4-3-5-10(6-9)15(16,17)18/h3-7H,8H2,1-2H3,(H,19,22). The first kappa shape index (κ1) is 17.5. The molecule has 0 aliphatic carbocycles. The number of aromatic nitrogens is 2. The van der Waals surface area contributed by atoms with Gasteiger partial charge in [0.2, 0.25) is 17.6 Å². The highest BCUT2D eigenvalue weighted by Crippen LogP contribution is 2.29. The van der Waals surface area contributed by atoms with E-state index in [0.717, 1.165) is 12.1 Å². The number of ether oxygens (including phenoxy) is 2. The van der Waals surface area contributed by atoms with Crippen LogP contribution in [-0.4, -0.2) is 30.1 Å². The molecule has 9 heteroatoms. The summed E-state index contributed by atoms with van der Waals surface area (Å²) in [6.07, 6.45) is -4.44. The fourth-order valence-electron chi connectivity index (χ4n) is 1.83. The van der Waals surface area contributed by atoms with Crippen molar-refractivity contribution >= 4 is 5.91 Å². The van der Waals surface area contributed by atoms with E-state index in [1.165, 1.54) is 32.4 Å². The van der Waals surface area contributed by atoms with Crippen LogP contribution in [0.5, 0.6) is 11.8 Å². The third-order valence-corrected chi connectivity index (χ3v) is 3.01. The zero-order chi connectivity index (χ0) is 17.7. The van der Waals surface area contributed by atoms with Gasteiger partial charge in [0.1, 0.15) is 0 Å². The smallest absolute Gasteiger partial charge is 0.416 e. The summed E-state index contributed by atoms with van der Waals surface area (Å²) in [4.78, 5) is 19.8. The summed E-state index contributed by atoms with van der Waals surface area (Å²) in [5, 5.41) is 2.45. The largest absolute Gasteiger partial charge is 0.481 e. The van der Waals surface area contributed by atoms with Crippen molar-refractivity contribution in [3.05, 3.63) is 47.3 Å². The Hall–Kier alpha value is -2.84. The summed E-state index contributed by atoms with van der Waals surface area (Å²) in [6.45, 7) is -0.106. The molecule has 0 bridgehead atoms. The normalized spacial score (nSPS) is 11.0. The lowest BCUT2D eigenvalue weighted by Crippen LogP contribution is -2.25. The SMILES string of the molecule is COc1cc(OC)nc(C(=O)NCc2cccc(C(F)(F)F)c2)n1. The van der Waals surface area contributed by atoms with Gasteiger partial charge in [-0.2, -0.15) is 23.1 Å². The Bertz CT molecular complexity index is 713. The van der Waals surface area contributed by atoms with E-state index in [9.17, 15) is 18.0 Å². The highest BCUT2D eigenvalue weighted by molar-refractivity contribution is 5.90. The van der Waals surface area contributed by atoms with Gasteiger partial charge in [-0.1, -0.05) is 12.1 Å². The van der Waals surface area contributed by atoms with Gasteiger partial charge in [-0.05, 0) is 17.7 Å². The van der Waals surface area contributed by atoms with Crippen LogP contribution >= 0.6 is 0 Å². The number of hydrogen-bond donors (Lipinski definition) is 1. The van der Waals surface area contributed by atoms with Gasteiger partial charge in [0.05, 0.1) is 25.8 Å². The number of carbonyl (C=O) groups is 1. The van der Waals surface area contributed by atoms with Gasteiger partial charge in [-0.25, -0.2) is 0 Å². The molecule has 6 nitrogen and oxygen atoms in total. The van der Waals surface area contributed by atoms with Crippen molar-refractivity contribution in [1.29, 1.82) is 0 Å². The number of carbonyl (C=O) groups excluding carboxylic acids is 1. The van der Waals surface area contributed by atoms with Crippen molar-refractivity contribution in [3.63, 3.8) is 0 Å². The molecule has 0 fully saturated rings. The van der Waals surface area contributed by atoms with E-state index < -0.39 is 17.6 Å². The van der Waals surface area contributed by atoms with Crippen LogP contribution in [0.3, 0.4) is 0 Å². The summed E-state index contributed by atoms with van der Waals surface area (Å²) < 4.78 is 47.8. The molecule has 1 amide bonds. The second-order valence-corrected chi connectivity index (χ2v) is 4.66. The Morgan fingerprint density at radius 2 is 1.75 bits per heavy atom. The number of amides is 1. The van der Waals surface area contributed by atoms with Crippen molar-refractivity contribution in [3.8, 4) is 11.8 Å². The van der Waals surface area contributed by atoms with Crippen molar-refractivity contribution in [2.24, 2.45) is 0 Å². The highest BCUT2D eigenvalue weighted by Gasteiger charge is 2.30. The molecule has 1 aromatic heterocycles. The van der Waals surface area contributed by atoms with Gasteiger partial charge in [-0.3, -0.25) is 4.79 Å². The first-order valence-corrected chi connectivity index (χ1v) is 6.75. The average molecular weight is 341 g/mol. The van der Waals surface area contributed by atoms with E-state index in [1.807, 2.05) is 0 Å². The molecular formula is C15H14F3N3O3. The number of halogens is 3. The van der Waals surface area contributed by atoms with Crippen molar-refractivity contribution in [1.82, 2.24) is 15.3 Å². The molecule has 1 N–H and O–H groups in total. The Kier molecular flexibility index (Phi) is 5.22. The Labute approximate surface area is 135 Å². The summed E-state index contributed by atoms with van der Waals surface area (Å²) in [5.41, 5.74) is -0.485. The van der Waals surface area contributed by atoms with Crippen LogP contribution in [0.25, 0.3) is 0 Å². The van der Waals surface area contributed by atoms with Gasteiger partial charge < -0.3 is 14.8 Å². The van der Waals surface area contributed by atoms with Crippen molar-refractivity contribution in [2.75, 3.05) is 14.2 Å². The van der Waals surface area contributed by atoms with Crippen LogP contribution in [0.4, 0.5) is 13.2 Å². The van der Waals surface area contributed by atoms with Crippen LogP contribution < -0.4 is 14.8 Å². The fourth-order valence-corrected chi connectivity index (χ4v) is 1.83. The summed E-state index contributed by atoms with van der Waals surface area (Å²) >= 11 is 0. The molecule has 24 heavy (non-hydrogen) atoms. The fraction of sp³-hybridized carbons (Fsp3) is 0.267. The third kappa shape index (κ3) is 4.34. The molecule has 0 unspecified atom stereocenters. The molecule has 1 aromatic carbocycles. The molecule has 0 aliphatic heterocycles. The maximum absolute atomic E-state index is 12.7. The third-order valence-electron chi connectivity index (χ3n) is 3.01. The van der Waals surface area contributed by atoms with Crippen molar-refractivity contribution in [2.45, 2.75) is 12.7 Å². The van der Waals surface area contributed by atoms with Gasteiger partial charge >= 0.3 is 6.18 Å². The molecule has 0 aliphatic rings. The Balaban J connectivity index is 2.11. The number of methoxy groups -OCH3 is 2. The van der Waals surface area contributed by atoms with Crippen LogP contribution in [0.15, 0.2) is 30.3 Å². The predicted molar refractivity (Wildman–Crippen MR) is 77.8 cm³/mol. The lowest BCUT2D eigenvalue weighted by Gasteiger charge is -2.10. The van der Waals surface area contributed by atoms with Crippen LogP contribution in [0.1, 0.15) is 21.7 Å². The van der Waals surface area contributed by atoms with E-state index >= 15 is 0 Å². The summed E-state index contributed by atoms with van der Waals surface area (Å²) in [6, 6.07) is 6.07. The van der Waals surface area contributed by atoms with E-state index in [2.05, 4.69) is 15.3 Å². The van der Waals surface area contributed by atoms with Crippen LogP contribution in [0, 0.1) is 0 Å². The molecule has 128 valence electrons. The van der Waals surface area contributed by atoms with E-state index in [4.69, 9.17) is 9.47 Å². The molecule has 2 rings (SSSR count). The molecule has 0 radical (unpaired) electrons. The molecule has 0 atom stereocenters. The van der Waals surface area contributed by atoms with Gasteiger partial charge in [0, 0.05) is 6.54 Å². The molecule has 0 saturated heterocycles. The zero-order valence-electron chi connectivity index (χ0n) is 12.8. The summed E-state index contributed by atoms with van der Waals surface area (Å²) in [7, 11) is 2.73. The van der Waals surface area contributed by atoms with Gasteiger partial charge in [0.25, 0.3) is 5.91 Å². The Morgan fingerprint density at radius 3 is 2.29 bits per heavy atom. The highest BCUT2D eigenvalue weighted by atomic mass is 19.4. The van der Waals surface area contributed by atoms with E-state index in [0.29, 0.717) is 5.56 Å². The number of nitrogens with one attached hydrogen (secondary N) is 1. The number of nitrogens with zero attached hydrogens (tertiary/aromatic N) is 2. The molecule has 1 heterocycles. The molecule has 2 aromatic rings. The molecule has 0 spiro atoms.